The molecule has 3 aromatic carbocycles. The van der Waals surface area contributed by atoms with E-state index in [1.807, 2.05) is 41.5 Å². The summed E-state index contributed by atoms with van der Waals surface area (Å²) in [5, 5.41) is 116. The number of carbonyl (C=O) groups is 12. The number of aliphatic hydroxyl groups is 9. The Morgan fingerprint density at radius 1 is 0.446 bits per heavy atom. The number of rotatable bonds is 25. The van der Waals surface area contributed by atoms with Crippen LogP contribution in [0.1, 0.15) is 212 Å². The average Bonchev–Trinajstić information content (AvgIpc) is 0.679. The van der Waals surface area contributed by atoms with Crippen molar-refractivity contribution in [1.29, 1.82) is 0 Å². The SMILES string of the molecule is CC(=O)O[C@H]1C(=O)[C@@]2(C)[C@H]([C@H](C)[C@]3(O)C[C@H](OC(=O)[C@H](O)[C@@H](N[B]C=O)c4ccccc4)C(C)=C1C3(C)C)[C@]1(C)CO[C@@H]1C[C@@H]2O.CC(=O)O[C@H]1C[C@H]2OC[C@@]2(C)[C@H]2[C@H](C)[C@]3(O)C[C@H](OC(=O)[C@H](O)[C@@H](N[B]C=O)c4ccccc4)C(C)=C([C@@H](O)C(=O)[C@]12C)C3(C)C.CC1=C2[C@@H](O)C(=O)[C@@]3(C)[C@H]([C@H](C)[C@](O)(C[C@@H]1OC(=O)[C@H](OC(=O)CN)[C@@H](N[B]C=O)c1ccccc1)C2(C)C)[C@]1(C)CO[C@@H]1C[C@@H]3O. The lowest BCUT2D eigenvalue weighted by Crippen LogP contribution is -2.75. The fraction of sp³-hybridized carbons (Fsp3) is 0.647. The summed E-state index contributed by atoms with van der Waals surface area (Å²) in [6.45, 7) is 35.3. The van der Waals surface area contributed by atoms with Crippen LogP contribution in [0.3, 0.4) is 0 Å². The van der Waals surface area contributed by atoms with Gasteiger partial charge in [0.05, 0.1) is 127 Å². The van der Waals surface area contributed by atoms with Crippen molar-refractivity contribution in [2.24, 2.45) is 90.0 Å². The molecule has 34 nitrogen and oxygen atoms in total. The van der Waals surface area contributed by atoms with Crippen LogP contribution in [0.2, 0.25) is 0 Å². The lowest BCUT2D eigenvalue weighted by atomic mass is 9.40. The number of esters is 6. The number of Topliss-reactive ketones (excluding diaryl/α,β-unsaturated/α-hetero) is 3. The molecule has 6 bridgehead atoms. The zero-order valence-corrected chi connectivity index (χ0v) is 82.7. The highest BCUT2D eigenvalue weighted by molar-refractivity contribution is 6.65. The van der Waals surface area contributed by atoms with E-state index >= 15 is 0 Å². The molecule has 0 unspecified atom stereocenters. The van der Waals surface area contributed by atoms with Gasteiger partial charge in [0.1, 0.15) is 36.6 Å². The van der Waals surface area contributed by atoms with Crippen LogP contribution < -0.4 is 21.4 Å². The summed E-state index contributed by atoms with van der Waals surface area (Å²) in [5.74, 6) is -10.4. The van der Waals surface area contributed by atoms with Crippen molar-refractivity contribution in [2.75, 3.05) is 26.4 Å². The molecule has 12 aliphatic rings. The molecule has 3 saturated heterocycles. The number of nitrogens with one attached hydrogen (secondary N) is 3. The summed E-state index contributed by atoms with van der Waals surface area (Å²) in [7, 11) is 3.23. The van der Waals surface area contributed by atoms with Gasteiger partial charge in [0.2, 0.25) is 6.10 Å². The Morgan fingerprint density at radius 3 is 1.09 bits per heavy atom. The van der Waals surface area contributed by atoms with Crippen molar-refractivity contribution in [3.8, 4) is 0 Å². The van der Waals surface area contributed by atoms with E-state index in [1.165, 1.54) is 13.8 Å². The van der Waals surface area contributed by atoms with E-state index in [0.29, 0.717) is 77.4 Å². The van der Waals surface area contributed by atoms with Crippen LogP contribution in [-0.4, -0.2) is 275 Å². The quantitative estimate of drug-likeness (QED) is 0.0184. The second-order valence-corrected chi connectivity index (χ2v) is 43.7. The van der Waals surface area contributed by atoms with Gasteiger partial charge in [-0.2, -0.15) is 0 Å². The average molecular weight is 1930 g/mol. The standard InChI is InChI=1S/C34H46BN2O10.2C34H45BNO10/c1-17-20(46-30(43)27(47-23(40)14-36)25(37-35-16-38)19-10-8-7-9-11-19)13-34(44)18(2)28-32(5)15-45-22(32)12-21(39)33(28,6)29(42)26(41)24(17)31(34,3)4;1-17-21(46-30(42)26(40)25(36-35-16-37)20-11-9-8-10-12-20)14-34(43)18(2)28-32(6)15-44-23(32)13-22(39)33(28,7)29(41)27(45-19(3)38)24(17)31(34,4)5;1-17-21(46-30(42)27(40)25(36-35-16-37)20-11-9-8-10-12-20)14-34(43)18(2)28-32(6)15-44-22(32)13-23(45-19(3)38)33(28,7)29(41)26(39)24(17)31(34,4)5/h7-11,16,18,20-22,25-28,37,39,41,44H,12-15,36H2,1-6H3;2*8-12,16,18,21-23,25-28,36,39-40,43H,13-15H2,1-7H3/t18-,20-,21-,22+,25-,26+,27+,28+,32+,33+,34+;18-,21-,22-,23+,25-,26+,27+,28+,32+,33+,34+;18-,21-,22+,23-,25-,26+,27+,28+,32+,33+,34+/m000/s1. The summed E-state index contributed by atoms with van der Waals surface area (Å²) < 4.78 is 52.7. The zero-order valence-electron chi connectivity index (χ0n) is 82.7. The van der Waals surface area contributed by atoms with E-state index in [1.54, 1.807) is 174 Å². The van der Waals surface area contributed by atoms with E-state index in [0.717, 1.165) is 22.2 Å². The maximum Gasteiger partial charge on any atom is 0.350 e. The first-order chi connectivity index (χ1) is 64.9. The Kier molecular flexibility index (Phi) is 30.5. The van der Waals surface area contributed by atoms with Crippen LogP contribution in [0.4, 0.5) is 0 Å². The van der Waals surface area contributed by atoms with Gasteiger partial charge in [-0.15, -0.1) is 0 Å². The number of aliphatic hydroxyl groups excluding tert-OH is 6. The summed E-state index contributed by atoms with van der Waals surface area (Å²) in [6, 6.07) is 22.7. The molecule has 9 fully saturated rings. The van der Waals surface area contributed by atoms with Gasteiger partial charge in [0, 0.05) is 84.9 Å². The monoisotopic (exact) mass is 1930 g/mol. The lowest BCUT2D eigenvalue weighted by Gasteiger charge is -2.68. The first-order valence-electron chi connectivity index (χ1n) is 47.9. The van der Waals surface area contributed by atoms with Crippen molar-refractivity contribution >= 4 is 94.0 Å². The number of ketones is 3. The van der Waals surface area contributed by atoms with E-state index in [-0.39, 0.29) is 68.0 Å². The van der Waals surface area contributed by atoms with Crippen molar-refractivity contribution in [3.63, 3.8) is 0 Å². The third-order valence-corrected chi connectivity index (χ3v) is 35.7. The van der Waals surface area contributed by atoms with Gasteiger partial charge in [-0.05, 0) is 127 Å². The van der Waals surface area contributed by atoms with Gasteiger partial charge in [-0.1, -0.05) is 174 Å². The Bertz CT molecular complexity index is 5340. The van der Waals surface area contributed by atoms with E-state index < -0.39 is 252 Å². The molecule has 37 heteroatoms. The van der Waals surface area contributed by atoms with Crippen LogP contribution in [-0.2, 0) is 100 Å². The molecule has 3 radical (unpaired) electrons. The highest BCUT2D eigenvalue weighted by Gasteiger charge is 2.78. The maximum absolute atomic E-state index is 14.8. The minimum absolute atomic E-state index is 0.0772. The maximum atomic E-state index is 14.8. The van der Waals surface area contributed by atoms with Crippen molar-refractivity contribution in [1.82, 2.24) is 15.7 Å². The minimum Gasteiger partial charge on any atom is -0.461 e. The Labute approximate surface area is 812 Å². The molecule has 0 spiro atoms. The fourth-order valence-electron chi connectivity index (χ4n) is 28.2. The molecule has 139 heavy (non-hydrogen) atoms. The van der Waals surface area contributed by atoms with Gasteiger partial charge >= 0.3 is 35.8 Å². The fourth-order valence-corrected chi connectivity index (χ4v) is 28.2. The molecular weight excluding hydrogens is 1790 g/mol. The number of benzene rings is 3. The Morgan fingerprint density at radius 2 is 0.755 bits per heavy atom. The van der Waals surface area contributed by atoms with Crippen molar-refractivity contribution in [2.45, 2.75) is 303 Å². The highest BCUT2D eigenvalue weighted by Crippen LogP contribution is 2.72. The molecular formula is C102H136B3N4O30. The van der Waals surface area contributed by atoms with E-state index in [2.05, 4.69) is 15.7 Å². The number of nitrogens with two attached hydrogens (primary N) is 1. The number of hydrogen-bond donors (Lipinski definition) is 13. The largest absolute Gasteiger partial charge is 0.461 e. The summed E-state index contributed by atoms with van der Waals surface area (Å²) in [5.41, 5.74) is -5.21. The van der Waals surface area contributed by atoms with Crippen molar-refractivity contribution < 1.29 is 146 Å². The van der Waals surface area contributed by atoms with E-state index in [4.69, 9.17) is 48.4 Å². The summed E-state index contributed by atoms with van der Waals surface area (Å²) in [4.78, 5) is 156. The highest BCUT2D eigenvalue weighted by atomic mass is 16.6. The second-order valence-electron chi connectivity index (χ2n) is 43.7. The molecule has 3 heterocycles. The first-order valence-corrected chi connectivity index (χ1v) is 47.9. The molecule has 14 N–H and O–H groups in total. The number of hydrogen-bond acceptors (Lipinski definition) is 34. The van der Waals surface area contributed by atoms with Crippen LogP contribution in [0.5, 0.6) is 0 Å². The predicted molar refractivity (Wildman–Crippen MR) is 503 cm³/mol. The molecule has 33 atom stereocenters. The summed E-state index contributed by atoms with van der Waals surface area (Å²) in [6.07, 6.45) is -15.5. The van der Waals surface area contributed by atoms with Crippen LogP contribution >= 0.6 is 0 Å². The lowest BCUT2D eigenvalue weighted by molar-refractivity contribution is -0.303. The topological polar surface area (TPSA) is 532 Å². The Balaban J connectivity index is 0.000000176. The van der Waals surface area contributed by atoms with Crippen LogP contribution in [0.15, 0.2) is 124 Å². The molecule has 3 aliphatic heterocycles. The Hall–Kier alpha value is -8.73. The van der Waals surface area contributed by atoms with Gasteiger partial charge < -0.3 is 124 Å². The molecule has 0 amide bonds. The molecule has 753 valence electrons. The molecule has 3 aromatic rings. The number of ether oxygens (including phenoxy) is 9. The van der Waals surface area contributed by atoms with Gasteiger partial charge in [0.15, 0.2) is 35.7 Å². The van der Waals surface area contributed by atoms with Gasteiger partial charge in [-0.25, -0.2) is 14.4 Å². The predicted octanol–water partition coefficient (Wildman–Crippen LogP) is 4.40. The number of fused-ring (bicyclic) bond motifs is 15. The zero-order chi connectivity index (χ0) is 103. The van der Waals surface area contributed by atoms with Crippen LogP contribution in [0.25, 0.3) is 0 Å². The van der Waals surface area contributed by atoms with Crippen molar-refractivity contribution in [3.05, 3.63) is 141 Å². The third kappa shape index (κ3) is 17.4. The smallest absolute Gasteiger partial charge is 0.350 e. The molecule has 15 rings (SSSR count). The first kappa shape index (κ1) is 108. The number of carbonyl (C=O) groups excluding carboxylic acids is 12. The third-order valence-electron chi connectivity index (χ3n) is 35.7. The second kappa shape index (κ2) is 39.4. The minimum atomic E-state index is -1.75. The van der Waals surface area contributed by atoms with Crippen LogP contribution in [0, 0.1) is 84.2 Å². The molecule has 0 aromatic heterocycles. The molecule has 9 aliphatic carbocycles. The summed E-state index contributed by atoms with van der Waals surface area (Å²) >= 11 is 0. The van der Waals surface area contributed by atoms with Gasteiger partial charge in [0.25, 0.3) is 22.2 Å². The normalized spacial score (nSPS) is 39.1. The van der Waals surface area contributed by atoms with E-state index in [9.17, 15) is 103 Å². The molecule has 6 saturated carbocycles. The van der Waals surface area contributed by atoms with Gasteiger partial charge in [-0.3, -0.25) is 28.8 Å².